The van der Waals surface area contributed by atoms with Gasteiger partial charge in [0.15, 0.2) is 0 Å². The number of hydrogen-bond donors (Lipinski definition) is 1. The predicted molar refractivity (Wildman–Crippen MR) is 70.8 cm³/mol. The summed E-state index contributed by atoms with van der Waals surface area (Å²) in [4.78, 5) is 13.3. The molecule has 1 aromatic rings. The molecular formula is C12H14Cl2N2O. The molecule has 0 spiro atoms. The largest absolute Gasteiger partial charge is 0.327 e. The van der Waals surface area contributed by atoms with Crippen molar-refractivity contribution < 1.29 is 4.79 Å². The zero-order chi connectivity index (χ0) is 12.6. The Labute approximate surface area is 110 Å². The number of carbonyl (C=O) groups is 1. The van der Waals surface area contributed by atoms with Crippen LogP contribution in [0.2, 0.25) is 10.0 Å². The number of halogens is 2. The SMILES string of the molecule is CC(=O)N1CCC(N)Cc2ccc(Cl)c(Cl)c21. The molecule has 0 radical (unpaired) electrons. The molecule has 0 bridgehead atoms. The van der Waals surface area contributed by atoms with Crippen LogP contribution >= 0.6 is 23.2 Å². The molecule has 5 heteroatoms. The Balaban J connectivity index is 2.58. The Kier molecular flexibility index (Phi) is 3.61. The smallest absolute Gasteiger partial charge is 0.223 e. The molecular weight excluding hydrogens is 259 g/mol. The molecule has 1 aromatic carbocycles. The van der Waals surface area contributed by atoms with Crippen molar-refractivity contribution in [1.82, 2.24) is 0 Å². The van der Waals surface area contributed by atoms with Gasteiger partial charge >= 0.3 is 0 Å². The van der Waals surface area contributed by atoms with Crippen LogP contribution in [-0.4, -0.2) is 18.5 Å². The first-order valence-electron chi connectivity index (χ1n) is 5.51. The van der Waals surface area contributed by atoms with Crippen molar-refractivity contribution in [2.45, 2.75) is 25.8 Å². The molecule has 17 heavy (non-hydrogen) atoms. The van der Waals surface area contributed by atoms with E-state index in [9.17, 15) is 4.79 Å². The molecule has 2 N–H and O–H groups in total. The van der Waals surface area contributed by atoms with Crippen LogP contribution in [0.25, 0.3) is 0 Å². The van der Waals surface area contributed by atoms with Crippen LogP contribution in [0, 0.1) is 0 Å². The lowest BCUT2D eigenvalue weighted by Gasteiger charge is -2.22. The van der Waals surface area contributed by atoms with Gasteiger partial charge in [-0.15, -0.1) is 0 Å². The number of benzene rings is 1. The summed E-state index contributed by atoms with van der Waals surface area (Å²) < 4.78 is 0. The predicted octanol–water partition coefficient (Wildman–Crippen LogP) is 2.62. The number of hydrogen-bond acceptors (Lipinski definition) is 2. The number of rotatable bonds is 0. The van der Waals surface area contributed by atoms with Gasteiger partial charge in [-0.1, -0.05) is 29.3 Å². The Bertz CT molecular complexity index is 462. The molecule has 1 amide bonds. The van der Waals surface area contributed by atoms with Crippen molar-refractivity contribution in [1.29, 1.82) is 0 Å². The van der Waals surface area contributed by atoms with Crippen molar-refractivity contribution in [2.24, 2.45) is 5.73 Å². The summed E-state index contributed by atoms with van der Waals surface area (Å²) in [5, 5.41) is 0.903. The van der Waals surface area contributed by atoms with Gasteiger partial charge in [0.25, 0.3) is 0 Å². The van der Waals surface area contributed by atoms with E-state index in [1.54, 1.807) is 11.0 Å². The fraction of sp³-hybridized carbons (Fsp3) is 0.417. The molecule has 0 fully saturated rings. The summed E-state index contributed by atoms with van der Waals surface area (Å²) in [5.74, 6) is -0.0375. The fourth-order valence-electron chi connectivity index (χ4n) is 2.14. The van der Waals surface area contributed by atoms with Crippen molar-refractivity contribution >= 4 is 34.8 Å². The van der Waals surface area contributed by atoms with Gasteiger partial charge in [0.2, 0.25) is 5.91 Å². The van der Waals surface area contributed by atoms with E-state index >= 15 is 0 Å². The Morgan fingerprint density at radius 2 is 2.18 bits per heavy atom. The number of anilines is 1. The minimum Gasteiger partial charge on any atom is -0.327 e. The molecule has 1 heterocycles. The number of fused-ring (bicyclic) bond motifs is 1. The number of nitrogens with two attached hydrogens (primary N) is 1. The van der Waals surface area contributed by atoms with E-state index in [-0.39, 0.29) is 11.9 Å². The van der Waals surface area contributed by atoms with E-state index in [1.807, 2.05) is 6.07 Å². The van der Waals surface area contributed by atoms with Crippen molar-refractivity contribution in [3.63, 3.8) is 0 Å². The van der Waals surface area contributed by atoms with Gasteiger partial charge in [0, 0.05) is 19.5 Å². The summed E-state index contributed by atoms with van der Waals surface area (Å²) in [5.41, 5.74) is 7.69. The molecule has 1 aliphatic heterocycles. The minimum atomic E-state index is -0.0375. The maximum atomic E-state index is 11.7. The normalized spacial score (nSPS) is 19.8. The molecule has 2 rings (SSSR count). The second kappa shape index (κ2) is 4.84. The van der Waals surface area contributed by atoms with Crippen LogP contribution in [0.3, 0.4) is 0 Å². The highest BCUT2D eigenvalue weighted by atomic mass is 35.5. The zero-order valence-corrected chi connectivity index (χ0v) is 11.1. The topological polar surface area (TPSA) is 46.3 Å². The average Bonchev–Trinajstić information content (AvgIpc) is 2.43. The van der Waals surface area contributed by atoms with E-state index < -0.39 is 0 Å². The molecule has 1 aliphatic rings. The van der Waals surface area contributed by atoms with Gasteiger partial charge < -0.3 is 10.6 Å². The summed E-state index contributed by atoms with van der Waals surface area (Å²) in [6.45, 7) is 2.11. The van der Waals surface area contributed by atoms with Gasteiger partial charge in [0.1, 0.15) is 0 Å². The highest BCUT2D eigenvalue weighted by molar-refractivity contribution is 6.44. The Morgan fingerprint density at radius 3 is 2.82 bits per heavy atom. The van der Waals surface area contributed by atoms with Crippen LogP contribution in [0.5, 0.6) is 0 Å². The maximum absolute atomic E-state index is 11.7. The lowest BCUT2D eigenvalue weighted by atomic mass is 10.0. The molecule has 0 saturated carbocycles. The summed E-state index contributed by atoms with van der Waals surface area (Å²) in [7, 11) is 0. The molecule has 92 valence electrons. The van der Waals surface area contributed by atoms with Crippen LogP contribution in [0.15, 0.2) is 12.1 Å². The molecule has 3 nitrogen and oxygen atoms in total. The van der Waals surface area contributed by atoms with E-state index in [0.29, 0.717) is 16.6 Å². The molecule has 0 saturated heterocycles. The van der Waals surface area contributed by atoms with Crippen LogP contribution in [0.4, 0.5) is 5.69 Å². The third-order valence-electron chi connectivity index (χ3n) is 3.01. The Morgan fingerprint density at radius 1 is 1.47 bits per heavy atom. The van der Waals surface area contributed by atoms with Gasteiger partial charge in [-0.3, -0.25) is 4.79 Å². The van der Waals surface area contributed by atoms with Gasteiger partial charge in [-0.25, -0.2) is 0 Å². The second-order valence-corrected chi connectivity index (χ2v) is 5.08. The van der Waals surface area contributed by atoms with E-state index in [0.717, 1.165) is 24.1 Å². The first-order valence-corrected chi connectivity index (χ1v) is 6.27. The first kappa shape index (κ1) is 12.7. The molecule has 0 aliphatic carbocycles. The third-order valence-corrected chi connectivity index (χ3v) is 3.80. The van der Waals surface area contributed by atoms with Crippen molar-refractivity contribution in [3.05, 3.63) is 27.7 Å². The van der Waals surface area contributed by atoms with Gasteiger partial charge in [-0.05, 0) is 24.5 Å². The highest BCUT2D eigenvalue weighted by Crippen LogP contribution is 2.38. The number of carbonyl (C=O) groups excluding carboxylic acids is 1. The van der Waals surface area contributed by atoms with Crippen LogP contribution in [0.1, 0.15) is 18.9 Å². The van der Waals surface area contributed by atoms with E-state index in [4.69, 9.17) is 28.9 Å². The van der Waals surface area contributed by atoms with Crippen molar-refractivity contribution in [2.75, 3.05) is 11.4 Å². The summed E-state index contributed by atoms with van der Waals surface area (Å²) in [6.07, 6.45) is 1.48. The van der Waals surface area contributed by atoms with Gasteiger partial charge in [-0.2, -0.15) is 0 Å². The van der Waals surface area contributed by atoms with Gasteiger partial charge in [0.05, 0.1) is 15.7 Å². The average molecular weight is 273 g/mol. The zero-order valence-electron chi connectivity index (χ0n) is 9.54. The second-order valence-electron chi connectivity index (χ2n) is 4.29. The fourth-order valence-corrected chi connectivity index (χ4v) is 2.58. The standard InChI is InChI=1S/C12H14Cl2N2O/c1-7(17)16-5-4-9(15)6-8-2-3-10(13)11(14)12(8)16/h2-3,9H,4-6,15H2,1H3. The molecule has 0 aromatic heterocycles. The summed E-state index contributed by atoms with van der Waals surface area (Å²) >= 11 is 12.2. The summed E-state index contributed by atoms with van der Waals surface area (Å²) in [6, 6.07) is 3.69. The monoisotopic (exact) mass is 272 g/mol. The van der Waals surface area contributed by atoms with Crippen molar-refractivity contribution in [3.8, 4) is 0 Å². The quantitative estimate of drug-likeness (QED) is 0.789. The number of nitrogens with zero attached hydrogens (tertiary/aromatic N) is 1. The van der Waals surface area contributed by atoms with E-state index in [1.165, 1.54) is 6.92 Å². The Hall–Kier alpha value is -0.770. The lowest BCUT2D eigenvalue weighted by molar-refractivity contribution is -0.116. The molecule has 1 unspecified atom stereocenters. The van der Waals surface area contributed by atoms with E-state index in [2.05, 4.69) is 0 Å². The van der Waals surface area contributed by atoms with Crippen LogP contribution < -0.4 is 10.6 Å². The number of amides is 1. The molecule has 1 atom stereocenters. The lowest BCUT2D eigenvalue weighted by Crippen LogP contribution is -2.31. The highest BCUT2D eigenvalue weighted by Gasteiger charge is 2.25. The maximum Gasteiger partial charge on any atom is 0.223 e. The first-order chi connectivity index (χ1) is 8.00. The minimum absolute atomic E-state index is 0.0375. The van der Waals surface area contributed by atoms with Crippen LogP contribution in [-0.2, 0) is 11.2 Å². The third kappa shape index (κ3) is 2.41.